The Morgan fingerprint density at radius 1 is 1.35 bits per heavy atom. The Morgan fingerprint density at radius 2 is 1.90 bits per heavy atom. The van der Waals surface area contributed by atoms with E-state index < -0.39 is 14.6 Å². The molecule has 7 heteroatoms. The third kappa shape index (κ3) is 3.82. The summed E-state index contributed by atoms with van der Waals surface area (Å²) in [6, 6.07) is 1.21. The van der Waals surface area contributed by atoms with Crippen molar-refractivity contribution in [2.45, 2.75) is 51.8 Å². The van der Waals surface area contributed by atoms with Crippen LogP contribution in [0, 0.1) is 0 Å². The van der Waals surface area contributed by atoms with Crippen molar-refractivity contribution >= 4 is 21.4 Å². The molecule has 0 saturated heterocycles. The topological polar surface area (TPSA) is 69.0 Å². The van der Waals surface area contributed by atoms with E-state index in [-0.39, 0.29) is 28.9 Å². The third-order valence-electron chi connectivity index (χ3n) is 3.04. The zero-order valence-corrected chi connectivity index (χ0v) is 14.0. The summed E-state index contributed by atoms with van der Waals surface area (Å²) in [6.45, 7) is 8.80. The van der Waals surface area contributed by atoms with Gasteiger partial charge in [0.25, 0.3) is 5.56 Å². The molecule has 0 amide bonds. The van der Waals surface area contributed by atoms with Gasteiger partial charge >= 0.3 is 0 Å². The fourth-order valence-corrected chi connectivity index (χ4v) is 2.89. The van der Waals surface area contributed by atoms with Crippen LogP contribution in [-0.4, -0.2) is 28.5 Å². The number of hydrogen-bond acceptors (Lipinski definition) is 4. The summed E-state index contributed by atoms with van der Waals surface area (Å²) in [4.78, 5) is 16.1. The largest absolute Gasteiger partial charge is 0.295 e. The maximum atomic E-state index is 12.1. The van der Waals surface area contributed by atoms with Crippen molar-refractivity contribution in [2.75, 3.05) is 5.75 Å². The van der Waals surface area contributed by atoms with Crippen molar-refractivity contribution in [1.82, 2.24) is 9.55 Å². The van der Waals surface area contributed by atoms with Gasteiger partial charge < -0.3 is 0 Å². The molecule has 0 bridgehead atoms. The molecule has 1 aromatic rings. The Hall–Kier alpha value is -0.880. The molecule has 5 nitrogen and oxygen atoms in total. The molecule has 0 atom stereocenters. The lowest BCUT2D eigenvalue weighted by Gasteiger charge is -2.20. The summed E-state index contributed by atoms with van der Waals surface area (Å²) >= 11 is 5.79. The SMILES string of the molecule is CC(C)c1nc(Cl)cc(=O)n1CCS(=O)(=O)C(C)(C)C. The Labute approximate surface area is 124 Å². The predicted molar refractivity (Wildman–Crippen MR) is 81.1 cm³/mol. The van der Waals surface area contributed by atoms with Gasteiger partial charge in [0.2, 0.25) is 0 Å². The molecule has 20 heavy (non-hydrogen) atoms. The number of hydrogen-bond donors (Lipinski definition) is 0. The van der Waals surface area contributed by atoms with Gasteiger partial charge in [-0.25, -0.2) is 13.4 Å². The van der Waals surface area contributed by atoms with E-state index in [1.807, 2.05) is 13.8 Å². The summed E-state index contributed by atoms with van der Waals surface area (Å²) < 4.78 is 24.8. The van der Waals surface area contributed by atoms with E-state index in [1.165, 1.54) is 10.6 Å². The molecule has 0 unspecified atom stereocenters. The van der Waals surface area contributed by atoms with Crippen LogP contribution in [0.5, 0.6) is 0 Å². The first-order chi connectivity index (χ1) is 8.95. The van der Waals surface area contributed by atoms with Gasteiger partial charge in [0.05, 0.1) is 10.5 Å². The molecule has 0 N–H and O–H groups in total. The summed E-state index contributed by atoms with van der Waals surface area (Å²) in [5.41, 5.74) is -0.321. The van der Waals surface area contributed by atoms with Crippen LogP contribution in [0.3, 0.4) is 0 Å². The number of aromatic nitrogens is 2. The van der Waals surface area contributed by atoms with Crippen LogP contribution in [0.4, 0.5) is 0 Å². The second-order valence-corrected chi connectivity index (χ2v) is 9.26. The van der Waals surface area contributed by atoms with Crippen molar-refractivity contribution in [2.24, 2.45) is 0 Å². The molecule has 0 aromatic carbocycles. The highest BCUT2D eigenvalue weighted by atomic mass is 35.5. The van der Waals surface area contributed by atoms with Crippen molar-refractivity contribution in [3.63, 3.8) is 0 Å². The zero-order valence-electron chi connectivity index (χ0n) is 12.5. The van der Waals surface area contributed by atoms with Crippen LogP contribution in [0.15, 0.2) is 10.9 Å². The van der Waals surface area contributed by atoms with Crippen LogP contribution in [-0.2, 0) is 16.4 Å². The molecule has 0 radical (unpaired) electrons. The van der Waals surface area contributed by atoms with E-state index in [9.17, 15) is 13.2 Å². The monoisotopic (exact) mass is 320 g/mol. The highest BCUT2D eigenvalue weighted by Gasteiger charge is 2.29. The van der Waals surface area contributed by atoms with Crippen LogP contribution in [0.25, 0.3) is 0 Å². The lowest BCUT2D eigenvalue weighted by molar-refractivity contribution is 0.545. The predicted octanol–water partition coefficient (Wildman–Crippen LogP) is 2.23. The Kier molecular flexibility index (Phi) is 5.03. The van der Waals surface area contributed by atoms with Gasteiger partial charge in [-0.3, -0.25) is 9.36 Å². The molecule has 0 spiro atoms. The smallest absolute Gasteiger partial charge is 0.255 e. The average Bonchev–Trinajstić information content (AvgIpc) is 2.24. The molecular formula is C13H21ClN2O3S. The number of rotatable bonds is 4. The van der Waals surface area contributed by atoms with Gasteiger partial charge in [0.15, 0.2) is 9.84 Å². The summed E-state index contributed by atoms with van der Waals surface area (Å²) in [6.07, 6.45) is 0. The first-order valence-corrected chi connectivity index (χ1v) is 8.48. The van der Waals surface area contributed by atoms with E-state index in [1.54, 1.807) is 20.8 Å². The Balaban J connectivity index is 3.15. The normalized spacial score (nSPS) is 12.9. The van der Waals surface area contributed by atoms with E-state index in [2.05, 4.69) is 4.98 Å². The summed E-state index contributed by atoms with van der Waals surface area (Å²) in [7, 11) is -3.29. The molecule has 1 heterocycles. The second-order valence-electron chi connectivity index (χ2n) is 6.01. The zero-order chi connectivity index (χ0) is 15.7. The van der Waals surface area contributed by atoms with Crippen LogP contribution in [0.1, 0.15) is 46.4 Å². The number of nitrogens with zero attached hydrogens (tertiary/aromatic N) is 2. The van der Waals surface area contributed by atoms with E-state index in [4.69, 9.17) is 11.6 Å². The van der Waals surface area contributed by atoms with E-state index in [0.29, 0.717) is 5.82 Å². The van der Waals surface area contributed by atoms with Gasteiger partial charge in [-0.05, 0) is 20.8 Å². The van der Waals surface area contributed by atoms with Crippen molar-refractivity contribution < 1.29 is 8.42 Å². The fourth-order valence-electron chi connectivity index (χ4n) is 1.68. The van der Waals surface area contributed by atoms with Crippen molar-refractivity contribution in [1.29, 1.82) is 0 Å². The van der Waals surface area contributed by atoms with E-state index in [0.717, 1.165) is 0 Å². The molecule has 1 aromatic heterocycles. The van der Waals surface area contributed by atoms with Crippen LogP contribution >= 0.6 is 11.6 Å². The van der Waals surface area contributed by atoms with Gasteiger partial charge in [0, 0.05) is 18.5 Å². The lowest BCUT2D eigenvalue weighted by atomic mass is 10.2. The molecule has 0 aliphatic carbocycles. The van der Waals surface area contributed by atoms with Crippen LogP contribution in [0.2, 0.25) is 5.15 Å². The quantitative estimate of drug-likeness (QED) is 0.798. The second kappa shape index (κ2) is 5.85. The van der Waals surface area contributed by atoms with Crippen molar-refractivity contribution in [3.05, 3.63) is 27.4 Å². The average molecular weight is 321 g/mol. The first-order valence-electron chi connectivity index (χ1n) is 6.45. The maximum absolute atomic E-state index is 12.1. The highest BCUT2D eigenvalue weighted by molar-refractivity contribution is 7.92. The summed E-state index contributed by atoms with van der Waals surface area (Å²) in [5.74, 6) is 0.393. The fraction of sp³-hybridized carbons (Fsp3) is 0.692. The summed E-state index contributed by atoms with van der Waals surface area (Å²) in [5, 5.41) is 0.133. The third-order valence-corrected chi connectivity index (χ3v) is 5.82. The molecule has 114 valence electrons. The minimum absolute atomic E-state index is 0.0151. The Bertz CT molecular complexity index is 643. The minimum Gasteiger partial charge on any atom is -0.295 e. The molecule has 0 aliphatic rings. The Morgan fingerprint density at radius 3 is 2.35 bits per heavy atom. The van der Waals surface area contributed by atoms with Gasteiger partial charge in [-0.1, -0.05) is 25.4 Å². The minimum atomic E-state index is -3.29. The highest BCUT2D eigenvalue weighted by Crippen LogP contribution is 2.17. The molecule has 0 aliphatic heterocycles. The standard InChI is InChI=1S/C13H21ClN2O3S/c1-9(2)12-15-10(14)8-11(17)16(12)6-7-20(18,19)13(3,4)5/h8-9H,6-7H2,1-5H3. The van der Waals surface area contributed by atoms with Crippen molar-refractivity contribution in [3.8, 4) is 0 Å². The molecule has 1 rings (SSSR count). The first kappa shape index (κ1) is 17.2. The molecule has 0 fully saturated rings. The maximum Gasteiger partial charge on any atom is 0.255 e. The molecular weight excluding hydrogens is 300 g/mol. The van der Waals surface area contributed by atoms with Gasteiger partial charge in [-0.15, -0.1) is 0 Å². The van der Waals surface area contributed by atoms with Crippen LogP contribution < -0.4 is 5.56 Å². The molecule has 0 saturated carbocycles. The number of sulfone groups is 1. The van der Waals surface area contributed by atoms with Gasteiger partial charge in [0.1, 0.15) is 11.0 Å². The lowest BCUT2D eigenvalue weighted by Crippen LogP contribution is -2.35. The van der Waals surface area contributed by atoms with E-state index >= 15 is 0 Å². The number of halogens is 1. The van der Waals surface area contributed by atoms with Gasteiger partial charge in [-0.2, -0.15) is 0 Å².